The minimum absolute atomic E-state index is 0.0304. The predicted molar refractivity (Wildman–Crippen MR) is 117 cm³/mol. The van der Waals surface area contributed by atoms with E-state index >= 15 is 0 Å². The maximum Gasteiger partial charge on any atom is 0.340 e. The second-order valence-corrected chi connectivity index (χ2v) is 9.32. The Labute approximate surface area is 186 Å². The summed E-state index contributed by atoms with van der Waals surface area (Å²) in [6, 6.07) is 18.2. The van der Waals surface area contributed by atoms with Crippen LogP contribution in [-0.4, -0.2) is 44.2 Å². The summed E-state index contributed by atoms with van der Waals surface area (Å²) < 4.78 is 35.2. The topological polar surface area (TPSA) is 88.1 Å². The molecule has 0 saturated carbocycles. The number of esters is 2. The lowest BCUT2D eigenvalue weighted by Gasteiger charge is -2.26. The molecule has 2 aromatic rings. The number of benzene rings is 2. The van der Waals surface area contributed by atoms with Gasteiger partial charge in [0, 0.05) is 12.6 Å². The van der Waals surface area contributed by atoms with Crippen LogP contribution in [-0.2, 0) is 46.1 Å². The van der Waals surface area contributed by atoms with Crippen LogP contribution in [0.4, 0.5) is 4.39 Å². The highest BCUT2D eigenvalue weighted by molar-refractivity contribution is 7.64. The van der Waals surface area contributed by atoms with Crippen LogP contribution in [0.3, 0.4) is 0 Å². The third-order valence-corrected chi connectivity index (χ3v) is 6.94. The largest absolute Gasteiger partial charge is 0.469 e. The fourth-order valence-electron chi connectivity index (χ4n) is 2.91. The lowest BCUT2D eigenvalue weighted by molar-refractivity contribution is -0.150. The number of ether oxygens (including phenoxy) is 2. The van der Waals surface area contributed by atoms with E-state index < -0.39 is 37.8 Å². The zero-order chi connectivity index (χ0) is 23.4. The molecule has 0 heterocycles. The highest BCUT2D eigenvalue weighted by Crippen LogP contribution is 2.52. The van der Waals surface area contributed by atoms with E-state index in [1.165, 1.54) is 0 Å². The Kier molecular flexibility index (Phi) is 10.3. The Morgan fingerprint density at radius 1 is 0.875 bits per heavy atom. The van der Waals surface area contributed by atoms with Crippen molar-refractivity contribution in [1.29, 1.82) is 0 Å². The minimum atomic E-state index is -3.45. The lowest BCUT2D eigenvalue weighted by atomic mass is 10.0. The number of halogens is 1. The van der Waals surface area contributed by atoms with E-state index in [-0.39, 0.29) is 19.4 Å². The van der Waals surface area contributed by atoms with Crippen molar-refractivity contribution >= 4 is 24.9 Å². The number of carbonyl (C=O) groups is 2. The molecule has 2 rings (SSSR count). The Balaban J connectivity index is 2.29. The van der Waals surface area contributed by atoms with Crippen LogP contribution in [0.5, 0.6) is 0 Å². The summed E-state index contributed by atoms with van der Waals surface area (Å²) in [5, 5.41) is 0. The van der Waals surface area contributed by atoms with Gasteiger partial charge in [0.15, 0.2) is 11.8 Å². The summed E-state index contributed by atoms with van der Waals surface area (Å²) in [6.07, 6.45) is -2.90. The van der Waals surface area contributed by atoms with Gasteiger partial charge in [0.25, 0.3) is 0 Å². The van der Waals surface area contributed by atoms with Gasteiger partial charge >= 0.3 is 11.9 Å². The van der Waals surface area contributed by atoms with Crippen molar-refractivity contribution < 1.29 is 37.3 Å². The molecular formula is C23H26FO7P. The zero-order valence-electron chi connectivity index (χ0n) is 17.9. The maximum absolute atomic E-state index is 14.3. The fourth-order valence-corrected chi connectivity index (χ4v) is 4.97. The summed E-state index contributed by atoms with van der Waals surface area (Å²) in [6.45, 7) is 0.0607. The van der Waals surface area contributed by atoms with Crippen molar-refractivity contribution in [3.63, 3.8) is 0 Å². The molecule has 0 radical (unpaired) electrons. The van der Waals surface area contributed by atoms with E-state index in [9.17, 15) is 18.8 Å². The van der Waals surface area contributed by atoms with E-state index in [4.69, 9.17) is 13.8 Å². The summed E-state index contributed by atoms with van der Waals surface area (Å²) in [5.74, 6) is -3.08. The number of rotatable bonds is 12. The van der Waals surface area contributed by atoms with Crippen molar-refractivity contribution in [3.05, 3.63) is 71.8 Å². The van der Waals surface area contributed by atoms with Gasteiger partial charge in [0.05, 0.1) is 33.4 Å². The van der Waals surface area contributed by atoms with Crippen molar-refractivity contribution in [2.75, 3.05) is 20.4 Å². The second-order valence-electron chi connectivity index (χ2n) is 6.91. The molecule has 172 valence electrons. The molecule has 0 aromatic heterocycles. The third kappa shape index (κ3) is 7.74. The molecule has 2 unspecified atom stereocenters. The molecule has 2 atom stereocenters. The van der Waals surface area contributed by atoms with Gasteiger partial charge in [-0.15, -0.1) is 0 Å². The van der Waals surface area contributed by atoms with Crippen LogP contribution in [0.2, 0.25) is 0 Å². The van der Waals surface area contributed by atoms with Crippen molar-refractivity contribution in [2.45, 2.75) is 25.8 Å². The van der Waals surface area contributed by atoms with Crippen molar-refractivity contribution in [1.82, 2.24) is 0 Å². The first-order valence-electron chi connectivity index (χ1n) is 9.87. The molecule has 0 aliphatic carbocycles. The molecule has 32 heavy (non-hydrogen) atoms. The van der Waals surface area contributed by atoms with Gasteiger partial charge < -0.3 is 18.5 Å². The molecule has 0 saturated heterocycles. The van der Waals surface area contributed by atoms with E-state index in [2.05, 4.69) is 4.74 Å². The van der Waals surface area contributed by atoms with E-state index in [0.717, 1.165) is 25.3 Å². The number of hydrogen-bond donors (Lipinski definition) is 0. The van der Waals surface area contributed by atoms with E-state index in [1.807, 2.05) is 66.3 Å². The van der Waals surface area contributed by atoms with Gasteiger partial charge in [-0.3, -0.25) is 4.79 Å². The molecule has 9 heteroatoms. The van der Waals surface area contributed by atoms with Gasteiger partial charge in [0.1, 0.15) is 0 Å². The average Bonchev–Trinajstić information content (AvgIpc) is 2.85. The van der Waals surface area contributed by atoms with Gasteiger partial charge in [-0.05, 0) is 11.1 Å². The van der Waals surface area contributed by atoms with Crippen LogP contribution in [0.15, 0.2) is 60.7 Å². The fraction of sp³-hybridized carbons (Fsp3) is 0.348. The molecule has 0 amide bonds. The van der Waals surface area contributed by atoms with Gasteiger partial charge in [0.2, 0.25) is 7.34 Å². The van der Waals surface area contributed by atoms with E-state index in [0.29, 0.717) is 0 Å². The molecule has 0 fully saturated rings. The Morgan fingerprint density at radius 2 is 1.34 bits per heavy atom. The second kappa shape index (κ2) is 12.9. The molecule has 0 bridgehead atoms. The van der Waals surface area contributed by atoms with Crippen LogP contribution in [0.25, 0.3) is 0 Å². The van der Waals surface area contributed by atoms with Crippen LogP contribution >= 0.6 is 7.34 Å². The molecule has 0 spiro atoms. The Bertz CT molecular complexity index is 898. The molecule has 0 aliphatic rings. The minimum Gasteiger partial charge on any atom is -0.469 e. The van der Waals surface area contributed by atoms with Crippen molar-refractivity contribution in [2.24, 2.45) is 5.92 Å². The first-order valence-corrected chi connectivity index (χ1v) is 11.7. The van der Waals surface area contributed by atoms with Crippen LogP contribution < -0.4 is 0 Å². The Hall–Kier alpha value is -2.76. The Morgan fingerprint density at radius 3 is 1.75 bits per heavy atom. The molecular weight excluding hydrogens is 438 g/mol. The maximum atomic E-state index is 14.3. The normalized spacial score (nSPS) is 13.0. The summed E-state index contributed by atoms with van der Waals surface area (Å²) in [5.41, 5.74) is 3.41. The summed E-state index contributed by atoms with van der Waals surface area (Å²) in [7, 11) is -1.27. The van der Waals surface area contributed by atoms with Gasteiger partial charge in [-0.2, -0.15) is 0 Å². The molecule has 7 nitrogen and oxygen atoms in total. The first-order chi connectivity index (χ1) is 15.4. The SMILES string of the molecule is COC(=O)C(F)CC(CP(=C=O)(OCc1ccccc1)OCc1ccccc1)C(=O)OC. The standard InChI is InChI=1S/C23H26FO7P/c1-28-22(26)20(13-21(24)23(27)29-2)16-32(17-25,30-14-18-9-5-3-6-10-18)31-15-19-11-7-4-8-12-19/h3-12,20-21H,13-16H2,1-2H3. The number of alkyl halides is 1. The molecule has 0 aliphatic heterocycles. The van der Waals surface area contributed by atoms with Crippen LogP contribution in [0, 0.1) is 5.92 Å². The third-order valence-electron chi connectivity index (χ3n) is 4.65. The van der Waals surface area contributed by atoms with Crippen molar-refractivity contribution in [3.8, 4) is 0 Å². The van der Waals surface area contributed by atoms with E-state index in [1.54, 1.807) is 0 Å². The number of hydrogen-bond acceptors (Lipinski definition) is 7. The molecule has 0 N–H and O–H groups in total. The highest BCUT2D eigenvalue weighted by atomic mass is 31.2. The number of methoxy groups -OCH3 is 2. The van der Waals surface area contributed by atoms with Gasteiger partial charge in [-0.25, -0.2) is 14.0 Å². The zero-order valence-corrected chi connectivity index (χ0v) is 18.8. The molecule has 2 aromatic carbocycles. The highest BCUT2D eigenvalue weighted by Gasteiger charge is 2.35. The summed E-state index contributed by atoms with van der Waals surface area (Å²) >= 11 is 0. The average molecular weight is 464 g/mol. The first kappa shape index (κ1) is 25.5. The lowest BCUT2D eigenvalue weighted by Crippen LogP contribution is -2.29. The predicted octanol–water partition coefficient (Wildman–Crippen LogP) is 4.03. The summed E-state index contributed by atoms with van der Waals surface area (Å²) in [4.78, 5) is 36.0. The van der Waals surface area contributed by atoms with Crippen LogP contribution in [0.1, 0.15) is 17.5 Å². The monoisotopic (exact) mass is 464 g/mol. The number of carbonyl (C=O) groups excluding carboxylic acids is 3. The quantitative estimate of drug-likeness (QED) is 0.346. The van der Waals surface area contributed by atoms with Gasteiger partial charge in [-0.1, -0.05) is 60.7 Å². The smallest absolute Gasteiger partial charge is 0.340 e.